The molecule has 2 unspecified atom stereocenters. The van der Waals surface area contributed by atoms with Crippen LogP contribution in [0.15, 0.2) is 0 Å². The first-order valence-electron chi connectivity index (χ1n) is 3.79. The van der Waals surface area contributed by atoms with E-state index in [0.29, 0.717) is 12.8 Å². The highest BCUT2D eigenvalue weighted by molar-refractivity contribution is 4.95. The summed E-state index contributed by atoms with van der Waals surface area (Å²) in [5, 5.41) is 27.1. The Morgan fingerprint density at radius 1 is 1.27 bits per heavy atom. The lowest BCUT2D eigenvalue weighted by Gasteiger charge is -2.22. The van der Waals surface area contributed by atoms with E-state index in [2.05, 4.69) is 0 Å². The van der Waals surface area contributed by atoms with Crippen molar-refractivity contribution in [3.63, 3.8) is 0 Å². The highest BCUT2D eigenvalue weighted by Crippen LogP contribution is 2.36. The third-order valence-corrected chi connectivity index (χ3v) is 2.48. The summed E-state index contributed by atoms with van der Waals surface area (Å²) in [6, 6.07) is -0.297. The lowest BCUT2D eigenvalue weighted by molar-refractivity contribution is 0.0466. The second-order valence-corrected chi connectivity index (χ2v) is 3.46. The fourth-order valence-corrected chi connectivity index (χ4v) is 1.62. The Labute approximate surface area is 65.6 Å². The number of hydrogen-bond acceptors (Lipinski definition) is 4. The Kier molecular flexibility index (Phi) is 2.49. The molecule has 0 spiro atoms. The van der Waals surface area contributed by atoms with Crippen LogP contribution < -0.4 is 5.73 Å². The van der Waals surface area contributed by atoms with Crippen LogP contribution in [-0.2, 0) is 0 Å². The molecule has 0 aromatic heterocycles. The molecule has 66 valence electrons. The van der Waals surface area contributed by atoms with E-state index in [0.717, 1.165) is 0 Å². The fraction of sp³-hybridized carbons (Fsp3) is 1.00. The SMILES string of the molecule is NC1CC(CO)(CO)CC1O. The van der Waals surface area contributed by atoms with Crippen molar-refractivity contribution in [1.82, 2.24) is 0 Å². The first-order valence-corrected chi connectivity index (χ1v) is 3.79. The zero-order chi connectivity index (χ0) is 8.48. The largest absolute Gasteiger partial charge is 0.396 e. The maximum Gasteiger partial charge on any atom is 0.0698 e. The van der Waals surface area contributed by atoms with Gasteiger partial charge in [-0.1, -0.05) is 0 Å². The van der Waals surface area contributed by atoms with Gasteiger partial charge in [-0.25, -0.2) is 0 Å². The minimum Gasteiger partial charge on any atom is -0.396 e. The van der Waals surface area contributed by atoms with Crippen LogP contribution in [0.1, 0.15) is 12.8 Å². The van der Waals surface area contributed by atoms with Crippen molar-refractivity contribution >= 4 is 0 Å². The Balaban J connectivity index is 2.61. The third-order valence-electron chi connectivity index (χ3n) is 2.48. The molecule has 0 heterocycles. The Morgan fingerprint density at radius 2 is 1.82 bits per heavy atom. The minimum absolute atomic E-state index is 0.103. The summed E-state index contributed by atoms with van der Waals surface area (Å²) in [7, 11) is 0. The van der Waals surface area contributed by atoms with Gasteiger partial charge in [0.05, 0.1) is 19.3 Å². The topological polar surface area (TPSA) is 86.7 Å². The van der Waals surface area contributed by atoms with Crippen LogP contribution in [-0.4, -0.2) is 40.7 Å². The molecule has 0 radical (unpaired) electrons. The third kappa shape index (κ3) is 1.54. The molecule has 0 amide bonds. The zero-order valence-corrected chi connectivity index (χ0v) is 6.40. The second kappa shape index (κ2) is 3.06. The van der Waals surface area contributed by atoms with Crippen LogP contribution >= 0.6 is 0 Å². The van der Waals surface area contributed by atoms with Crippen molar-refractivity contribution < 1.29 is 15.3 Å². The van der Waals surface area contributed by atoms with Gasteiger partial charge in [0.25, 0.3) is 0 Å². The van der Waals surface area contributed by atoms with Gasteiger partial charge >= 0.3 is 0 Å². The van der Waals surface area contributed by atoms with E-state index in [1.165, 1.54) is 0 Å². The molecule has 4 heteroatoms. The molecular weight excluding hydrogens is 146 g/mol. The van der Waals surface area contributed by atoms with E-state index >= 15 is 0 Å². The summed E-state index contributed by atoms with van der Waals surface area (Å²) in [5.41, 5.74) is 4.99. The normalized spacial score (nSPS) is 36.0. The molecule has 0 aromatic rings. The number of aliphatic hydroxyl groups is 3. The molecule has 1 rings (SSSR count). The summed E-state index contributed by atoms with van der Waals surface area (Å²) in [6.45, 7) is -0.206. The van der Waals surface area contributed by atoms with Gasteiger partial charge in [-0.05, 0) is 12.8 Å². The van der Waals surface area contributed by atoms with Crippen molar-refractivity contribution in [2.45, 2.75) is 25.0 Å². The van der Waals surface area contributed by atoms with Gasteiger partial charge in [0.1, 0.15) is 0 Å². The minimum atomic E-state index is -0.575. The average molecular weight is 161 g/mol. The van der Waals surface area contributed by atoms with E-state index in [4.69, 9.17) is 15.9 Å². The monoisotopic (exact) mass is 161 g/mol. The van der Waals surface area contributed by atoms with Crippen LogP contribution in [0.4, 0.5) is 0 Å². The first kappa shape index (κ1) is 8.93. The number of nitrogens with two attached hydrogens (primary N) is 1. The van der Waals surface area contributed by atoms with Crippen molar-refractivity contribution in [3.8, 4) is 0 Å². The van der Waals surface area contributed by atoms with Crippen LogP contribution in [0.3, 0.4) is 0 Å². The molecule has 0 aromatic carbocycles. The highest BCUT2D eigenvalue weighted by atomic mass is 16.3. The summed E-state index contributed by atoms with van der Waals surface area (Å²) in [6.07, 6.45) is 0.330. The molecule has 1 aliphatic carbocycles. The molecule has 1 saturated carbocycles. The van der Waals surface area contributed by atoms with Crippen LogP contribution in [0, 0.1) is 5.41 Å². The lowest BCUT2D eigenvalue weighted by Crippen LogP contribution is -2.29. The van der Waals surface area contributed by atoms with Crippen molar-refractivity contribution in [2.75, 3.05) is 13.2 Å². The molecule has 11 heavy (non-hydrogen) atoms. The molecule has 5 N–H and O–H groups in total. The van der Waals surface area contributed by atoms with Gasteiger partial charge in [-0.15, -0.1) is 0 Å². The molecule has 4 nitrogen and oxygen atoms in total. The summed E-state index contributed by atoms with van der Waals surface area (Å²) in [5.74, 6) is 0. The Bertz CT molecular complexity index is 124. The second-order valence-electron chi connectivity index (χ2n) is 3.46. The van der Waals surface area contributed by atoms with Crippen molar-refractivity contribution in [1.29, 1.82) is 0 Å². The van der Waals surface area contributed by atoms with E-state index in [1.54, 1.807) is 0 Å². The molecule has 1 fully saturated rings. The molecule has 2 atom stereocenters. The van der Waals surface area contributed by atoms with Gasteiger partial charge in [-0.3, -0.25) is 0 Å². The summed E-state index contributed by atoms with van der Waals surface area (Å²) >= 11 is 0. The number of hydrogen-bond donors (Lipinski definition) is 4. The molecule has 0 saturated heterocycles. The highest BCUT2D eigenvalue weighted by Gasteiger charge is 2.42. The fourth-order valence-electron chi connectivity index (χ4n) is 1.62. The van der Waals surface area contributed by atoms with Gasteiger partial charge in [0.15, 0.2) is 0 Å². The predicted molar refractivity (Wildman–Crippen MR) is 39.8 cm³/mol. The van der Waals surface area contributed by atoms with E-state index in [1.807, 2.05) is 0 Å². The standard InChI is InChI=1S/C7H15NO3/c8-5-1-7(3-9,4-10)2-6(5)11/h5-6,9-11H,1-4,8H2. The van der Waals surface area contributed by atoms with Crippen molar-refractivity contribution in [2.24, 2.45) is 11.1 Å². The molecular formula is C7H15NO3. The smallest absolute Gasteiger partial charge is 0.0698 e. The number of aliphatic hydroxyl groups excluding tert-OH is 3. The molecule has 0 bridgehead atoms. The van der Waals surface area contributed by atoms with E-state index in [9.17, 15) is 5.11 Å². The van der Waals surface area contributed by atoms with Crippen LogP contribution in [0.5, 0.6) is 0 Å². The molecule has 0 aliphatic heterocycles. The Morgan fingerprint density at radius 3 is 2.00 bits per heavy atom. The van der Waals surface area contributed by atoms with Gasteiger partial charge in [0.2, 0.25) is 0 Å². The van der Waals surface area contributed by atoms with Gasteiger partial charge < -0.3 is 21.1 Å². The quantitative estimate of drug-likeness (QED) is 0.394. The maximum absolute atomic E-state index is 9.25. The van der Waals surface area contributed by atoms with Crippen LogP contribution in [0.2, 0.25) is 0 Å². The first-order chi connectivity index (χ1) is 5.13. The van der Waals surface area contributed by atoms with E-state index < -0.39 is 11.5 Å². The molecule has 1 aliphatic rings. The maximum atomic E-state index is 9.25. The summed E-state index contributed by atoms with van der Waals surface area (Å²) in [4.78, 5) is 0. The van der Waals surface area contributed by atoms with Gasteiger partial charge in [-0.2, -0.15) is 0 Å². The summed E-state index contributed by atoms with van der Waals surface area (Å²) < 4.78 is 0. The number of rotatable bonds is 2. The average Bonchev–Trinajstić information content (AvgIpc) is 2.29. The van der Waals surface area contributed by atoms with E-state index in [-0.39, 0.29) is 19.3 Å². The van der Waals surface area contributed by atoms with Gasteiger partial charge in [0, 0.05) is 11.5 Å². The lowest BCUT2D eigenvalue weighted by atomic mass is 9.88. The Hall–Kier alpha value is -0.160. The predicted octanol–water partition coefficient (Wildman–Crippen LogP) is -1.56. The van der Waals surface area contributed by atoms with Crippen molar-refractivity contribution in [3.05, 3.63) is 0 Å². The zero-order valence-electron chi connectivity index (χ0n) is 6.40. The van der Waals surface area contributed by atoms with Crippen LogP contribution in [0.25, 0.3) is 0 Å².